The summed E-state index contributed by atoms with van der Waals surface area (Å²) in [5.74, 6) is 0.902. The smallest absolute Gasteiger partial charge is 0.0622 e. The van der Waals surface area contributed by atoms with Crippen molar-refractivity contribution in [1.29, 1.82) is 0 Å². The molecule has 70 valence electrons. The average molecular weight is 169 g/mol. The molecular formula is C10H19NO. The molecule has 2 nitrogen and oxygen atoms in total. The van der Waals surface area contributed by atoms with E-state index in [1.54, 1.807) is 0 Å². The zero-order chi connectivity index (χ0) is 8.39. The fraction of sp³-hybridized carbons (Fsp3) is 1.00. The zero-order valence-corrected chi connectivity index (χ0v) is 7.96. The van der Waals surface area contributed by atoms with E-state index in [0.717, 1.165) is 25.2 Å². The second-order valence-electron chi connectivity index (χ2n) is 4.26. The van der Waals surface area contributed by atoms with Crippen molar-refractivity contribution in [1.82, 2.24) is 4.90 Å². The minimum atomic E-state index is 0.743. The van der Waals surface area contributed by atoms with Gasteiger partial charge in [-0.25, -0.2) is 0 Å². The second kappa shape index (κ2) is 3.75. The zero-order valence-electron chi connectivity index (χ0n) is 7.96. The predicted octanol–water partition coefficient (Wildman–Crippen LogP) is 1.51. The van der Waals surface area contributed by atoms with E-state index in [0.29, 0.717) is 0 Å². The van der Waals surface area contributed by atoms with Crippen molar-refractivity contribution >= 4 is 0 Å². The minimum absolute atomic E-state index is 0.743. The lowest BCUT2D eigenvalue weighted by Gasteiger charge is -2.34. The largest absolute Gasteiger partial charge is 0.380 e. The van der Waals surface area contributed by atoms with Crippen LogP contribution in [0.1, 0.15) is 26.2 Å². The Kier molecular flexibility index (Phi) is 2.66. The number of hydrogen-bond acceptors (Lipinski definition) is 2. The van der Waals surface area contributed by atoms with Gasteiger partial charge in [-0.15, -0.1) is 0 Å². The Morgan fingerprint density at radius 1 is 1.33 bits per heavy atom. The second-order valence-corrected chi connectivity index (χ2v) is 4.26. The maximum absolute atomic E-state index is 5.40. The van der Waals surface area contributed by atoms with Crippen LogP contribution in [0.15, 0.2) is 0 Å². The summed E-state index contributed by atoms with van der Waals surface area (Å²) < 4.78 is 5.40. The van der Waals surface area contributed by atoms with Crippen molar-refractivity contribution in [2.75, 3.05) is 26.3 Å². The fourth-order valence-electron chi connectivity index (χ4n) is 2.37. The molecule has 0 aromatic rings. The summed E-state index contributed by atoms with van der Waals surface area (Å²) in [6, 6.07) is 0.743. The molecule has 0 aromatic heterocycles. The first-order valence-electron chi connectivity index (χ1n) is 5.18. The molecule has 0 aromatic carbocycles. The summed E-state index contributed by atoms with van der Waals surface area (Å²) in [5, 5.41) is 0. The van der Waals surface area contributed by atoms with Crippen LogP contribution in [-0.2, 0) is 4.74 Å². The maximum atomic E-state index is 5.40. The van der Waals surface area contributed by atoms with Crippen molar-refractivity contribution in [3.05, 3.63) is 0 Å². The number of rotatable bonds is 1. The van der Waals surface area contributed by atoms with E-state index in [1.807, 2.05) is 0 Å². The van der Waals surface area contributed by atoms with Gasteiger partial charge in [-0.2, -0.15) is 0 Å². The van der Waals surface area contributed by atoms with Gasteiger partial charge in [0.15, 0.2) is 0 Å². The summed E-state index contributed by atoms with van der Waals surface area (Å²) in [7, 11) is 0. The number of piperidine rings is 1. The standard InChI is InChI=1S/C10H19NO/c1-9-3-2-5-11(7-9)10-4-6-12-8-10/h9-10H,2-8H2,1H3. The normalized spacial score (nSPS) is 38.8. The van der Waals surface area contributed by atoms with Crippen molar-refractivity contribution in [2.45, 2.75) is 32.2 Å². The number of likely N-dealkylation sites (tertiary alicyclic amines) is 1. The Hall–Kier alpha value is -0.0800. The van der Waals surface area contributed by atoms with E-state index in [2.05, 4.69) is 11.8 Å². The third-order valence-corrected chi connectivity index (χ3v) is 3.11. The molecular weight excluding hydrogens is 150 g/mol. The molecule has 2 heterocycles. The lowest BCUT2D eigenvalue weighted by Crippen LogP contribution is -2.42. The third kappa shape index (κ3) is 1.80. The van der Waals surface area contributed by atoms with E-state index in [4.69, 9.17) is 4.74 Å². The molecule has 12 heavy (non-hydrogen) atoms. The Morgan fingerprint density at radius 2 is 2.25 bits per heavy atom. The molecule has 2 atom stereocenters. The van der Waals surface area contributed by atoms with Gasteiger partial charge in [0.25, 0.3) is 0 Å². The lowest BCUT2D eigenvalue weighted by molar-refractivity contribution is 0.108. The van der Waals surface area contributed by atoms with Crippen LogP contribution in [0.3, 0.4) is 0 Å². The number of ether oxygens (including phenoxy) is 1. The van der Waals surface area contributed by atoms with Crippen LogP contribution in [0.2, 0.25) is 0 Å². The molecule has 0 bridgehead atoms. The molecule has 0 spiro atoms. The van der Waals surface area contributed by atoms with E-state index >= 15 is 0 Å². The maximum Gasteiger partial charge on any atom is 0.0622 e. The Balaban J connectivity index is 1.85. The summed E-state index contributed by atoms with van der Waals surface area (Å²) in [6.45, 7) is 6.93. The molecule has 2 aliphatic rings. The molecule has 2 unspecified atom stereocenters. The average Bonchev–Trinajstić information content (AvgIpc) is 2.56. The summed E-state index contributed by atoms with van der Waals surface area (Å²) in [6.07, 6.45) is 4.06. The quantitative estimate of drug-likeness (QED) is 0.590. The third-order valence-electron chi connectivity index (χ3n) is 3.11. The first-order valence-corrected chi connectivity index (χ1v) is 5.18. The highest BCUT2D eigenvalue weighted by molar-refractivity contribution is 4.79. The van der Waals surface area contributed by atoms with Gasteiger partial charge in [-0.3, -0.25) is 4.90 Å². The number of hydrogen-bond donors (Lipinski definition) is 0. The van der Waals surface area contributed by atoms with Crippen LogP contribution in [-0.4, -0.2) is 37.2 Å². The SMILES string of the molecule is CC1CCCN(C2CCOC2)C1. The van der Waals surface area contributed by atoms with Crippen LogP contribution in [0.4, 0.5) is 0 Å². The van der Waals surface area contributed by atoms with Gasteiger partial charge in [-0.1, -0.05) is 6.92 Å². The minimum Gasteiger partial charge on any atom is -0.380 e. The van der Waals surface area contributed by atoms with Gasteiger partial charge in [0, 0.05) is 19.2 Å². The molecule has 2 aliphatic heterocycles. The Labute approximate surface area is 74.9 Å². The van der Waals surface area contributed by atoms with Gasteiger partial charge in [0.2, 0.25) is 0 Å². The van der Waals surface area contributed by atoms with Gasteiger partial charge in [0.05, 0.1) is 6.61 Å². The monoisotopic (exact) mass is 169 g/mol. The molecule has 0 saturated carbocycles. The molecule has 2 heteroatoms. The van der Waals surface area contributed by atoms with E-state index in [9.17, 15) is 0 Å². The van der Waals surface area contributed by atoms with Crippen molar-refractivity contribution in [3.8, 4) is 0 Å². The lowest BCUT2D eigenvalue weighted by atomic mass is 9.98. The molecule has 2 saturated heterocycles. The molecule has 2 rings (SSSR count). The Bertz CT molecular complexity index is 143. The van der Waals surface area contributed by atoms with Gasteiger partial charge in [0.1, 0.15) is 0 Å². The first kappa shape index (κ1) is 8.52. The highest BCUT2D eigenvalue weighted by Crippen LogP contribution is 2.21. The van der Waals surface area contributed by atoms with Gasteiger partial charge in [-0.05, 0) is 31.7 Å². The topological polar surface area (TPSA) is 12.5 Å². The van der Waals surface area contributed by atoms with Crippen LogP contribution < -0.4 is 0 Å². The molecule has 0 amide bonds. The van der Waals surface area contributed by atoms with Crippen LogP contribution in [0.25, 0.3) is 0 Å². The van der Waals surface area contributed by atoms with Crippen molar-refractivity contribution < 1.29 is 4.74 Å². The Morgan fingerprint density at radius 3 is 2.92 bits per heavy atom. The van der Waals surface area contributed by atoms with Crippen molar-refractivity contribution in [2.24, 2.45) is 5.92 Å². The molecule has 0 radical (unpaired) electrons. The molecule has 2 fully saturated rings. The van der Waals surface area contributed by atoms with Crippen LogP contribution >= 0.6 is 0 Å². The summed E-state index contributed by atoms with van der Waals surface area (Å²) in [5.41, 5.74) is 0. The van der Waals surface area contributed by atoms with E-state index in [1.165, 1.54) is 32.4 Å². The molecule has 0 aliphatic carbocycles. The highest BCUT2D eigenvalue weighted by Gasteiger charge is 2.26. The van der Waals surface area contributed by atoms with Crippen LogP contribution in [0, 0.1) is 5.92 Å². The van der Waals surface area contributed by atoms with Gasteiger partial charge >= 0.3 is 0 Å². The molecule has 0 N–H and O–H groups in total. The summed E-state index contributed by atoms with van der Waals surface area (Å²) in [4.78, 5) is 2.63. The van der Waals surface area contributed by atoms with E-state index < -0.39 is 0 Å². The highest BCUT2D eigenvalue weighted by atomic mass is 16.5. The summed E-state index contributed by atoms with van der Waals surface area (Å²) >= 11 is 0. The van der Waals surface area contributed by atoms with Gasteiger partial charge < -0.3 is 4.74 Å². The van der Waals surface area contributed by atoms with Crippen molar-refractivity contribution in [3.63, 3.8) is 0 Å². The first-order chi connectivity index (χ1) is 5.86. The fourth-order valence-corrected chi connectivity index (χ4v) is 2.37. The van der Waals surface area contributed by atoms with E-state index in [-0.39, 0.29) is 0 Å². The number of nitrogens with zero attached hydrogens (tertiary/aromatic N) is 1. The van der Waals surface area contributed by atoms with Crippen LogP contribution in [0.5, 0.6) is 0 Å². The predicted molar refractivity (Wildman–Crippen MR) is 49.2 cm³/mol.